The monoisotopic (exact) mass is 1390 g/mol. The fraction of sp³-hybridized carbons (Fsp3) is 0.417. The van der Waals surface area contributed by atoms with Crippen molar-refractivity contribution in [1.82, 2.24) is 9.97 Å². The average Bonchev–Trinajstić information content (AvgIpc) is 0.718. The summed E-state index contributed by atoms with van der Waals surface area (Å²) < 4.78 is 39.9. The van der Waals surface area contributed by atoms with Gasteiger partial charge in [-0.25, -0.2) is 0 Å². The van der Waals surface area contributed by atoms with Gasteiger partial charge in [0.05, 0.1) is 15.6 Å². The molecule has 0 spiro atoms. The van der Waals surface area contributed by atoms with E-state index in [2.05, 4.69) is 235 Å². The summed E-state index contributed by atoms with van der Waals surface area (Å²) in [6.07, 6.45) is 10.4. The number of carbonyl (C=O) groups is 1. The van der Waals surface area contributed by atoms with Crippen molar-refractivity contribution in [3.05, 3.63) is 167 Å². The maximum absolute atomic E-state index is 12.5. The summed E-state index contributed by atoms with van der Waals surface area (Å²) in [4.78, 5) is 22.0. The number of nitrogens with zero attached hydrogens (tertiary/aromatic N) is 2. The van der Waals surface area contributed by atoms with Gasteiger partial charge >= 0.3 is 0 Å². The number of pyridine rings is 2. The molecular formula is C84H98IrN2O4-2. The summed E-state index contributed by atoms with van der Waals surface area (Å²) in [7, 11) is 0. The molecule has 91 heavy (non-hydrogen) atoms. The Bertz CT molecular complexity index is 4590. The number of aromatic nitrogens is 2. The molecule has 0 bridgehead atoms. The van der Waals surface area contributed by atoms with E-state index in [1.807, 2.05) is 6.07 Å². The van der Waals surface area contributed by atoms with Crippen LogP contribution in [-0.2, 0) is 50.6 Å². The zero-order chi connectivity index (χ0) is 67.7. The molecule has 2 aliphatic heterocycles. The SMILES string of the molecule is CCC(CC)(CC)C(=O)/C=C(\O)C(CC)(CC)CC.[2H]c1cc2c3c(cc4c(CC(C)(C)C)cccc42)Oc2c([c-]c4ccccc4c2CC(C)(C)C)-c3n1.[2H]c1nc2c3c(cc4c(CC(C)(C)C)cccc4c3c1[2H])Oc1c-2[c-]c2cc(C)ccc2c1CC(C)(C)C.[Ir]. The third kappa shape index (κ3) is 13.8. The minimum absolute atomic E-state index is 0. The van der Waals surface area contributed by atoms with Crippen molar-refractivity contribution in [3.63, 3.8) is 0 Å². The molecule has 7 heteroatoms. The van der Waals surface area contributed by atoms with Crippen LogP contribution in [0.3, 0.4) is 0 Å². The summed E-state index contributed by atoms with van der Waals surface area (Å²) in [6, 6.07) is 41.3. The largest absolute Gasteiger partial charge is 0.512 e. The van der Waals surface area contributed by atoms with Gasteiger partial charge in [0.15, 0.2) is 5.78 Å². The number of rotatable bonds is 13. The number of aliphatic hydroxyl groups excluding tert-OH is 1. The van der Waals surface area contributed by atoms with Crippen LogP contribution in [0.2, 0.25) is 0 Å². The molecule has 12 rings (SSSR count). The Balaban J connectivity index is 0.000000175. The van der Waals surface area contributed by atoms with Crippen molar-refractivity contribution in [2.45, 2.75) is 196 Å². The molecule has 0 unspecified atom stereocenters. The molecule has 8 aromatic carbocycles. The predicted molar refractivity (Wildman–Crippen MR) is 382 cm³/mol. The van der Waals surface area contributed by atoms with Crippen molar-refractivity contribution in [1.29, 1.82) is 0 Å². The Morgan fingerprint density at radius 1 is 0.495 bits per heavy atom. The second-order valence-electron chi connectivity index (χ2n) is 30.7. The van der Waals surface area contributed by atoms with Crippen LogP contribution in [0.4, 0.5) is 0 Å². The van der Waals surface area contributed by atoms with Crippen molar-refractivity contribution in [3.8, 4) is 45.5 Å². The molecule has 479 valence electrons. The number of fused-ring (bicyclic) bond motifs is 10. The predicted octanol–water partition coefficient (Wildman–Crippen LogP) is 24.3. The summed E-state index contributed by atoms with van der Waals surface area (Å²) in [5.41, 5.74) is 9.03. The number of hydrogen-bond acceptors (Lipinski definition) is 6. The zero-order valence-electron chi connectivity index (χ0n) is 60.8. The van der Waals surface area contributed by atoms with Crippen molar-refractivity contribution in [2.75, 3.05) is 0 Å². The zero-order valence-corrected chi connectivity index (χ0v) is 60.2. The van der Waals surface area contributed by atoms with E-state index in [0.717, 1.165) is 158 Å². The molecule has 0 saturated carbocycles. The molecule has 6 nitrogen and oxygen atoms in total. The van der Waals surface area contributed by atoms with E-state index in [-0.39, 0.29) is 82.5 Å². The van der Waals surface area contributed by atoms with Gasteiger partial charge in [0.2, 0.25) is 0 Å². The molecule has 4 heterocycles. The third-order valence-corrected chi connectivity index (χ3v) is 19.1. The smallest absolute Gasteiger partial charge is 0.165 e. The normalized spacial score (nSPS) is 13.7. The van der Waals surface area contributed by atoms with Crippen LogP contribution >= 0.6 is 0 Å². The number of allylic oxidation sites excluding steroid dienone is 2. The summed E-state index contributed by atoms with van der Waals surface area (Å²) in [5, 5.41) is 22.8. The van der Waals surface area contributed by atoms with Crippen LogP contribution in [0, 0.1) is 51.5 Å². The molecule has 0 aliphatic carbocycles. The second kappa shape index (κ2) is 26.2. The molecule has 2 aliphatic rings. The first-order chi connectivity index (χ1) is 43.7. The summed E-state index contributed by atoms with van der Waals surface area (Å²) in [5.74, 6) is 3.53. The van der Waals surface area contributed by atoms with E-state index in [0.29, 0.717) is 11.4 Å². The van der Waals surface area contributed by atoms with Gasteiger partial charge in [-0.15, -0.1) is 35.0 Å². The second-order valence-corrected chi connectivity index (χ2v) is 30.7. The first-order valence-electron chi connectivity index (χ1n) is 34.7. The fourth-order valence-corrected chi connectivity index (χ4v) is 14.1. The van der Waals surface area contributed by atoms with E-state index in [9.17, 15) is 9.90 Å². The Hall–Kier alpha value is -6.92. The molecule has 0 atom stereocenters. The number of ether oxygens (including phenoxy) is 2. The maximum Gasteiger partial charge on any atom is 0.165 e. The van der Waals surface area contributed by atoms with Crippen LogP contribution in [0.5, 0.6) is 23.0 Å². The van der Waals surface area contributed by atoms with Crippen LogP contribution in [-0.4, -0.2) is 20.9 Å². The van der Waals surface area contributed by atoms with E-state index < -0.39 is 0 Å². The average molecular weight is 1390 g/mol. The van der Waals surface area contributed by atoms with Crippen LogP contribution in [0.1, 0.15) is 195 Å². The number of hydrogen-bond donors (Lipinski definition) is 1. The maximum atomic E-state index is 12.5. The van der Waals surface area contributed by atoms with Crippen molar-refractivity contribution >= 4 is 70.4 Å². The number of carbonyl (C=O) groups excluding carboxylic acids is 1. The molecule has 0 fully saturated rings. The number of benzene rings is 8. The minimum Gasteiger partial charge on any atom is -0.512 e. The first-order valence-corrected chi connectivity index (χ1v) is 33.2. The van der Waals surface area contributed by atoms with Gasteiger partial charge in [-0.05, 0) is 160 Å². The molecule has 2 aromatic heterocycles. The molecule has 1 N–H and O–H groups in total. The van der Waals surface area contributed by atoms with E-state index >= 15 is 0 Å². The number of aryl methyl sites for hydroxylation is 1. The van der Waals surface area contributed by atoms with Gasteiger partial charge in [0.25, 0.3) is 0 Å². The molecule has 1 radical (unpaired) electrons. The first kappa shape index (κ1) is 64.2. The van der Waals surface area contributed by atoms with Gasteiger partial charge < -0.3 is 14.6 Å². The van der Waals surface area contributed by atoms with Gasteiger partial charge in [-0.2, -0.15) is 0 Å². The minimum atomic E-state index is -0.297. The molecule has 0 saturated heterocycles. The van der Waals surface area contributed by atoms with Crippen LogP contribution < -0.4 is 9.47 Å². The van der Waals surface area contributed by atoms with Gasteiger partial charge in [-0.1, -0.05) is 230 Å². The van der Waals surface area contributed by atoms with Crippen molar-refractivity contribution < 1.29 is 43.6 Å². The van der Waals surface area contributed by atoms with E-state index in [1.54, 1.807) is 0 Å². The number of ketones is 1. The standard InChI is InChI=1S/C34H34NO.C33H32NO.C17H32O2.Ir/c1-20-11-12-23-22(15-20)16-27-31-30-25(13-14-35-31)24-10-8-9-21(18-33(2,3)4)26(24)17-29(30)36-32(27)28(23)19-34(5,6)7;1-32(2,3)18-21-11-9-13-23-24-14-15-34-30-26-16-20-10-7-8-12-22(20)27(19-33(4,5)6)31(26)35-28(29(24)30)17-25(21)23;1-7-16(8-2,9-3)14(18)13-15(19)17(10-4,11-5)12-6;/h8-15,17H,18-19H2,1-7H3;7-15,17H,18-19H2,1-6H3;13,18H,7-12H2,1-6H3;/q2*-1;;/b;;14-13-;/i13D,14D;15D;;. The molecule has 10 aromatic rings. The fourth-order valence-electron chi connectivity index (χ4n) is 14.1. The molecular weight excluding hydrogens is 1290 g/mol. The Morgan fingerprint density at radius 2 is 0.934 bits per heavy atom. The Morgan fingerprint density at radius 3 is 1.43 bits per heavy atom. The Labute approximate surface area is 561 Å². The summed E-state index contributed by atoms with van der Waals surface area (Å²) in [6.45, 7) is 41.5. The van der Waals surface area contributed by atoms with E-state index in [1.165, 1.54) is 39.1 Å². The van der Waals surface area contributed by atoms with Gasteiger partial charge in [0.1, 0.15) is 17.3 Å². The quantitative estimate of drug-likeness (QED) is 0.0536. The van der Waals surface area contributed by atoms with Gasteiger partial charge in [-0.3, -0.25) is 14.8 Å². The Kier molecular flexibility index (Phi) is 18.5. The number of aliphatic hydroxyl groups is 1. The van der Waals surface area contributed by atoms with Crippen molar-refractivity contribution in [2.24, 2.45) is 32.5 Å². The van der Waals surface area contributed by atoms with Crippen LogP contribution in [0.15, 0.2) is 127 Å². The van der Waals surface area contributed by atoms with Gasteiger partial charge in [0, 0.05) is 71.5 Å². The molecule has 0 amide bonds. The third-order valence-electron chi connectivity index (χ3n) is 19.1. The van der Waals surface area contributed by atoms with Crippen LogP contribution in [0.25, 0.3) is 87.1 Å². The topological polar surface area (TPSA) is 81.5 Å². The van der Waals surface area contributed by atoms with E-state index in [4.69, 9.17) is 23.6 Å². The summed E-state index contributed by atoms with van der Waals surface area (Å²) >= 11 is 0.